The zero-order valence-electron chi connectivity index (χ0n) is 8.30. The van der Waals surface area contributed by atoms with Gasteiger partial charge in [0.15, 0.2) is 0 Å². The van der Waals surface area contributed by atoms with Crippen LogP contribution in [0.1, 0.15) is 5.56 Å². The summed E-state index contributed by atoms with van der Waals surface area (Å²) >= 11 is 0. The number of hydrogen-bond donors (Lipinski definition) is 1. The van der Waals surface area contributed by atoms with E-state index >= 15 is 0 Å². The van der Waals surface area contributed by atoms with Crippen LogP contribution in [0, 0.1) is 0 Å². The van der Waals surface area contributed by atoms with Gasteiger partial charge in [0.2, 0.25) is 0 Å². The topological polar surface area (TPSA) is 59.9 Å². The lowest BCUT2D eigenvalue weighted by atomic mass is 10.2. The number of nitrogens with one attached hydrogen (secondary N) is 1. The van der Waals surface area contributed by atoms with E-state index in [1.165, 1.54) is 11.0 Å². The molecule has 0 atom stereocenters. The van der Waals surface area contributed by atoms with E-state index in [9.17, 15) is 4.79 Å². The second-order valence-electron chi connectivity index (χ2n) is 3.10. The van der Waals surface area contributed by atoms with Gasteiger partial charge in [0.1, 0.15) is 12.1 Å². The van der Waals surface area contributed by atoms with Crippen molar-refractivity contribution in [2.24, 2.45) is 0 Å². The van der Waals surface area contributed by atoms with Gasteiger partial charge in [-0.15, -0.1) is 0 Å². The number of H-pyrrole nitrogens is 1. The second kappa shape index (κ2) is 4.00. The van der Waals surface area contributed by atoms with Crippen molar-refractivity contribution in [3.8, 4) is 5.75 Å². The van der Waals surface area contributed by atoms with E-state index in [-0.39, 0.29) is 5.69 Å². The highest BCUT2D eigenvalue weighted by atomic mass is 16.5. The number of benzene rings is 1. The minimum atomic E-state index is -0.210. The SMILES string of the molecule is COc1cccc(Cn2nc[nH]c2=O)c1. The van der Waals surface area contributed by atoms with Crippen LogP contribution in [0.5, 0.6) is 5.75 Å². The van der Waals surface area contributed by atoms with E-state index in [1.807, 2.05) is 24.3 Å². The summed E-state index contributed by atoms with van der Waals surface area (Å²) in [6.45, 7) is 0.444. The molecule has 1 aromatic heterocycles. The molecule has 5 nitrogen and oxygen atoms in total. The van der Waals surface area contributed by atoms with E-state index in [1.54, 1.807) is 7.11 Å². The largest absolute Gasteiger partial charge is 0.497 e. The van der Waals surface area contributed by atoms with Crippen molar-refractivity contribution in [1.29, 1.82) is 0 Å². The Kier molecular flexibility index (Phi) is 2.53. The summed E-state index contributed by atoms with van der Waals surface area (Å²) in [6, 6.07) is 7.54. The predicted molar refractivity (Wildman–Crippen MR) is 54.9 cm³/mol. The molecule has 0 aliphatic carbocycles. The summed E-state index contributed by atoms with van der Waals surface area (Å²) in [7, 11) is 1.61. The molecule has 0 radical (unpaired) electrons. The summed E-state index contributed by atoms with van der Waals surface area (Å²) in [4.78, 5) is 13.7. The van der Waals surface area contributed by atoms with Crippen LogP contribution in [-0.2, 0) is 6.54 Å². The van der Waals surface area contributed by atoms with Crippen LogP contribution in [-0.4, -0.2) is 21.9 Å². The standard InChI is InChI=1S/C10H11N3O2/c1-15-9-4-2-3-8(5-9)6-13-10(14)11-7-12-13/h2-5,7H,6H2,1H3,(H,11,12,14). The van der Waals surface area contributed by atoms with Gasteiger partial charge in [-0.05, 0) is 17.7 Å². The fraction of sp³-hybridized carbons (Fsp3) is 0.200. The number of hydrogen-bond acceptors (Lipinski definition) is 3. The summed E-state index contributed by atoms with van der Waals surface area (Å²) < 4.78 is 6.44. The molecule has 2 aromatic rings. The van der Waals surface area contributed by atoms with Crippen molar-refractivity contribution >= 4 is 0 Å². The van der Waals surface area contributed by atoms with Gasteiger partial charge in [0.25, 0.3) is 0 Å². The molecule has 0 saturated heterocycles. The van der Waals surface area contributed by atoms with Crippen LogP contribution >= 0.6 is 0 Å². The van der Waals surface area contributed by atoms with E-state index in [4.69, 9.17) is 4.74 Å². The van der Waals surface area contributed by atoms with Gasteiger partial charge >= 0.3 is 5.69 Å². The molecule has 0 aliphatic heterocycles. The van der Waals surface area contributed by atoms with E-state index in [0.29, 0.717) is 6.54 Å². The molecule has 1 heterocycles. The molecular weight excluding hydrogens is 194 g/mol. The summed E-state index contributed by atoms with van der Waals surface area (Å²) in [5.74, 6) is 0.774. The Bertz CT molecular complexity index is 501. The number of ether oxygens (including phenoxy) is 1. The Hall–Kier alpha value is -2.04. The van der Waals surface area contributed by atoms with Gasteiger partial charge in [-0.2, -0.15) is 5.10 Å². The fourth-order valence-corrected chi connectivity index (χ4v) is 1.34. The van der Waals surface area contributed by atoms with Crippen LogP contribution in [0.25, 0.3) is 0 Å². The van der Waals surface area contributed by atoms with Crippen LogP contribution in [0.3, 0.4) is 0 Å². The van der Waals surface area contributed by atoms with Crippen LogP contribution < -0.4 is 10.4 Å². The second-order valence-corrected chi connectivity index (χ2v) is 3.10. The maximum absolute atomic E-state index is 11.2. The highest BCUT2D eigenvalue weighted by Gasteiger charge is 2.00. The minimum absolute atomic E-state index is 0.210. The lowest BCUT2D eigenvalue weighted by molar-refractivity contribution is 0.414. The first-order valence-corrected chi connectivity index (χ1v) is 4.53. The first kappa shape index (κ1) is 9.51. The number of nitrogens with zero attached hydrogens (tertiary/aromatic N) is 2. The molecule has 0 fully saturated rings. The molecule has 0 aliphatic rings. The van der Waals surface area contributed by atoms with Gasteiger partial charge in [0, 0.05) is 0 Å². The molecule has 0 saturated carbocycles. The molecule has 0 bridgehead atoms. The lowest BCUT2D eigenvalue weighted by Crippen LogP contribution is -2.18. The van der Waals surface area contributed by atoms with Gasteiger partial charge in [-0.25, -0.2) is 9.48 Å². The van der Waals surface area contributed by atoms with Crippen molar-refractivity contribution < 1.29 is 4.74 Å². The van der Waals surface area contributed by atoms with Crippen molar-refractivity contribution in [3.63, 3.8) is 0 Å². The van der Waals surface area contributed by atoms with Crippen molar-refractivity contribution in [3.05, 3.63) is 46.6 Å². The van der Waals surface area contributed by atoms with Crippen LogP contribution in [0.2, 0.25) is 0 Å². The maximum atomic E-state index is 11.2. The molecule has 0 unspecified atom stereocenters. The van der Waals surface area contributed by atoms with E-state index in [0.717, 1.165) is 11.3 Å². The Morgan fingerprint density at radius 1 is 1.53 bits per heavy atom. The maximum Gasteiger partial charge on any atom is 0.343 e. The number of aromatic nitrogens is 3. The predicted octanol–water partition coefficient (Wildman–Crippen LogP) is 0.628. The van der Waals surface area contributed by atoms with Gasteiger partial charge in [-0.1, -0.05) is 12.1 Å². The van der Waals surface area contributed by atoms with Crippen molar-refractivity contribution in [2.45, 2.75) is 6.54 Å². The number of methoxy groups -OCH3 is 1. The Morgan fingerprint density at radius 3 is 3.07 bits per heavy atom. The normalized spacial score (nSPS) is 10.2. The number of rotatable bonds is 3. The molecule has 5 heteroatoms. The van der Waals surface area contributed by atoms with Crippen molar-refractivity contribution in [2.75, 3.05) is 7.11 Å². The lowest BCUT2D eigenvalue weighted by Gasteiger charge is -2.03. The Labute approximate surface area is 86.3 Å². The molecule has 2 rings (SSSR count). The monoisotopic (exact) mass is 205 g/mol. The quantitative estimate of drug-likeness (QED) is 0.799. The van der Waals surface area contributed by atoms with Gasteiger partial charge in [0.05, 0.1) is 13.7 Å². The highest BCUT2D eigenvalue weighted by molar-refractivity contribution is 5.28. The molecule has 78 valence electrons. The Morgan fingerprint density at radius 2 is 2.40 bits per heavy atom. The minimum Gasteiger partial charge on any atom is -0.497 e. The summed E-state index contributed by atoms with van der Waals surface area (Å²) in [5, 5.41) is 3.87. The highest BCUT2D eigenvalue weighted by Crippen LogP contribution is 2.12. The molecule has 15 heavy (non-hydrogen) atoms. The molecule has 1 aromatic carbocycles. The Balaban J connectivity index is 2.24. The van der Waals surface area contributed by atoms with E-state index in [2.05, 4.69) is 10.1 Å². The van der Waals surface area contributed by atoms with Gasteiger partial charge in [-0.3, -0.25) is 4.98 Å². The third kappa shape index (κ3) is 2.07. The first-order chi connectivity index (χ1) is 7.29. The fourth-order valence-electron chi connectivity index (χ4n) is 1.34. The van der Waals surface area contributed by atoms with Crippen molar-refractivity contribution in [1.82, 2.24) is 14.8 Å². The smallest absolute Gasteiger partial charge is 0.343 e. The molecule has 0 spiro atoms. The zero-order chi connectivity index (χ0) is 10.7. The third-order valence-corrected chi connectivity index (χ3v) is 2.09. The van der Waals surface area contributed by atoms with Gasteiger partial charge < -0.3 is 4.74 Å². The average molecular weight is 205 g/mol. The van der Waals surface area contributed by atoms with E-state index < -0.39 is 0 Å². The van der Waals surface area contributed by atoms with Crippen LogP contribution in [0.15, 0.2) is 35.4 Å². The average Bonchev–Trinajstić information content (AvgIpc) is 2.65. The first-order valence-electron chi connectivity index (χ1n) is 4.53. The summed E-state index contributed by atoms with van der Waals surface area (Å²) in [5.41, 5.74) is 0.765. The third-order valence-electron chi connectivity index (χ3n) is 2.09. The zero-order valence-corrected chi connectivity index (χ0v) is 8.30. The molecule has 0 amide bonds. The number of aromatic amines is 1. The van der Waals surface area contributed by atoms with Crippen LogP contribution in [0.4, 0.5) is 0 Å². The summed E-state index contributed by atoms with van der Waals surface area (Å²) in [6.07, 6.45) is 1.38. The molecule has 1 N–H and O–H groups in total. The molecular formula is C10H11N3O2.